The van der Waals surface area contributed by atoms with Crippen molar-refractivity contribution in [2.24, 2.45) is 0 Å². The molecule has 0 aromatic carbocycles. The molecule has 0 aromatic rings. The Bertz CT molecular complexity index is 8.49. The Balaban J connectivity index is 0. The molecule has 0 unspecified atom stereocenters. The molecule has 6 nitrogen and oxygen atoms in total. The van der Waals surface area contributed by atoms with Gasteiger partial charge in [0.25, 0.3) is 0 Å². The van der Waals surface area contributed by atoms with E-state index in [2.05, 4.69) is 0 Å². The van der Waals surface area contributed by atoms with Crippen LogP contribution in [0.4, 0.5) is 0 Å². The Morgan fingerprint density at radius 1 is 0.375 bits per heavy atom. The van der Waals surface area contributed by atoms with Crippen LogP contribution >= 0.6 is 0 Å². The molecule has 0 atom stereocenters. The molecule has 0 amide bonds. The first kappa shape index (κ1) is 960. The Labute approximate surface area is 70.7 Å². The molecular weight excluding hydrogens is 315 g/mol. The first-order chi connectivity index (χ1) is 0. The molecule has 0 radical (unpaired) electrons. The van der Waals surface area contributed by atoms with Gasteiger partial charge in [-0.25, -0.2) is 0 Å². The SMILES string of the molecule is N.N.N.N.N.N.[Cl-].[Pt]. The van der Waals surface area contributed by atoms with Gasteiger partial charge in [-0.1, -0.05) is 0 Å². The van der Waals surface area contributed by atoms with Crippen molar-refractivity contribution in [1.29, 1.82) is 0 Å². The maximum atomic E-state index is 0. The summed E-state index contributed by atoms with van der Waals surface area (Å²) >= 11 is 0. The molecule has 0 saturated heterocycles. The normalized spacial score (nSPS) is 0. The smallest absolute Gasteiger partial charge is 0 e. The van der Waals surface area contributed by atoms with E-state index in [0.29, 0.717) is 0 Å². The van der Waals surface area contributed by atoms with Crippen LogP contribution in [0.15, 0.2) is 0 Å². The molecule has 66 valence electrons. The van der Waals surface area contributed by atoms with Crippen LogP contribution in [0.3, 0.4) is 0 Å². The maximum Gasteiger partial charge on any atom is 0 e. The number of rotatable bonds is 0. The second-order valence-electron chi connectivity index (χ2n) is 0. The summed E-state index contributed by atoms with van der Waals surface area (Å²) in [6.45, 7) is 0. The Kier molecular flexibility index (Phi) is 77300. The largest absolute Gasteiger partial charge is 1.00 e. The van der Waals surface area contributed by atoms with Crippen LogP contribution in [0.5, 0.6) is 0 Å². The van der Waals surface area contributed by atoms with E-state index in [1.54, 1.807) is 0 Å². The summed E-state index contributed by atoms with van der Waals surface area (Å²) in [4.78, 5) is 0. The number of hydrogen-bond donors (Lipinski definition) is 6. The zero-order chi connectivity index (χ0) is 0. The summed E-state index contributed by atoms with van der Waals surface area (Å²) in [7, 11) is 0. The summed E-state index contributed by atoms with van der Waals surface area (Å²) < 4.78 is 0. The molecule has 18 N–H and O–H groups in total. The fraction of sp³-hybridized carbons (Fsp3) is 0. The van der Waals surface area contributed by atoms with Gasteiger partial charge in [0.05, 0.1) is 0 Å². The van der Waals surface area contributed by atoms with Crippen LogP contribution in [-0.2, 0) is 21.1 Å². The zero-order valence-corrected chi connectivity index (χ0v) is 7.96. The van der Waals surface area contributed by atoms with E-state index in [0.717, 1.165) is 0 Å². The zero-order valence-electron chi connectivity index (χ0n) is 4.94. The van der Waals surface area contributed by atoms with E-state index in [1.165, 1.54) is 0 Å². The van der Waals surface area contributed by atoms with Crippen LogP contribution in [0.25, 0.3) is 0 Å². The van der Waals surface area contributed by atoms with Gasteiger partial charge in [-0.2, -0.15) is 0 Å². The van der Waals surface area contributed by atoms with Crippen LogP contribution in [0, 0.1) is 0 Å². The Morgan fingerprint density at radius 2 is 0.375 bits per heavy atom. The summed E-state index contributed by atoms with van der Waals surface area (Å²) in [6, 6.07) is 0. The summed E-state index contributed by atoms with van der Waals surface area (Å²) in [5.41, 5.74) is 0. The number of halogens is 1. The van der Waals surface area contributed by atoms with E-state index in [-0.39, 0.29) is 70.4 Å². The van der Waals surface area contributed by atoms with Crippen LogP contribution in [0.2, 0.25) is 0 Å². The van der Waals surface area contributed by atoms with Gasteiger partial charge < -0.3 is 49.3 Å². The first-order valence-electron chi connectivity index (χ1n) is 0. The molecule has 0 heterocycles. The molecule has 0 rings (SSSR count). The summed E-state index contributed by atoms with van der Waals surface area (Å²) in [5, 5.41) is 0. The monoisotopic (exact) mass is 332 g/mol. The van der Waals surface area contributed by atoms with Crippen molar-refractivity contribution < 1.29 is 33.5 Å². The quantitative estimate of drug-likeness (QED) is 0.294. The molecule has 0 aliphatic carbocycles. The van der Waals surface area contributed by atoms with Crippen molar-refractivity contribution in [2.45, 2.75) is 0 Å². The minimum absolute atomic E-state index is 0. The van der Waals surface area contributed by atoms with Crippen molar-refractivity contribution in [2.75, 3.05) is 0 Å². The Morgan fingerprint density at radius 3 is 0.375 bits per heavy atom. The molecule has 8 heavy (non-hydrogen) atoms. The van der Waals surface area contributed by atoms with E-state index in [1.807, 2.05) is 0 Å². The molecule has 0 saturated carbocycles. The molecule has 0 aromatic heterocycles. The van der Waals surface area contributed by atoms with E-state index in [4.69, 9.17) is 0 Å². The van der Waals surface area contributed by atoms with Crippen molar-refractivity contribution in [3.05, 3.63) is 0 Å². The maximum absolute atomic E-state index is 0. The number of hydrogen-bond acceptors (Lipinski definition) is 6. The predicted molar refractivity (Wildman–Crippen MR) is 30.1 cm³/mol. The summed E-state index contributed by atoms with van der Waals surface area (Å²) in [6.07, 6.45) is 0. The van der Waals surface area contributed by atoms with Crippen molar-refractivity contribution in [1.82, 2.24) is 36.9 Å². The third-order valence-corrected chi connectivity index (χ3v) is 0. The van der Waals surface area contributed by atoms with Gasteiger partial charge in [-0.15, -0.1) is 0 Å². The van der Waals surface area contributed by atoms with Crippen molar-refractivity contribution in [3.8, 4) is 0 Å². The van der Waals surface area contributed by atoms with Gasteiger partial charge in [0.2, 0.25) is 0 Å². The average Bonchev–Trinajstić information content (AvgIpc) is 0. The fourth-order valence-corrected chi connectivity index (χ4v) is 0. The van der Waals surface area contributed by atoms with Gasteiger partial charge in [-0.3, -0.25) is 0 Å². The van der Waals surface area contributed by atoms with Gasteiger partial charge in [0.1, 0.15) is 0 Å². The molecule has 0 bridgehead atoms. The van der Waals surface area contributed by atoms with Crippen LogP contribution < -0.4 is 49.3 Å². The van der Waals surface area contributed by atoms with E-state index in [9.17, 15) is 0 Å². The third-order valence-electron chi connectivity index (χ3n) is 0. The topological polar surface area (TPSA) is 210 Å². The minimum Gasteiger partial charge on any atom is -1.00 e. The molecular formula is H18ClN6Pt-. The van der Waals surface area contributed by atoms with Gasteiger partial charge in [0, 0.05) is 21.1 Å². The van der Waals surface area contributed by atoms with Gasteiger partial charge >= 0.3 is 0 Å². The standard InChI is InChI=1S/ClH.6H3N.Pt/h1H;6*1H3;/p-1. The summed E-state index contributed by atoms with van der Waals surface area (Å²) in [5.74, 6) is 0. The van der Waals surface area contributed by atoms with Gasteiger partial charge in [-0.05, 0) is 0 Å². The van der Waals surface area contributed by atoms with E-state index >= 15 is 0 Å². The molecule has 0 aliphatic heterocycles. The van der Waals surface area contributed by atoms with Crippen molar-refractivity contribution in [3.63, 3.8) is 0 Å². The molecule has 0 fully saturated rings. The third kappa shape index (κ3) is 407. The minimum atomic E-state index is 0. The second kappa shape index (κ2) is 645. The second-order valence-corrected chi connectivity index (χ2v) is 0. The van der Waals surface area contributed by atoms with E-state index < -0.39 is 0 Å². The van der Waals surface area contributed by atoms with Gasteiger partial charge in [0.15, 0.2) is 0 Å². The molecule has 0 aliphatic rings. The molecule has 8 heteroatoms. The van der Waals surface area contributed by atoms with Crippen LogP contribution in [-0.4, -0.2) is 0 Å². The first-order valence-corrected chi connectivity index (χ1v) is 0. The van der Waals surface area contributed by atoms with Crippen molar-refractivity contribution >= 4 is 0 Å². The van der Waals surface area contributed by atoms with Crippen LogP contribution in [0.1, 0.15) is 0 Å². The molecule has 0 spiro atoms. The Hall–Kier alpha value is 0.738. The predicted octanol–water partition coefficient (Wildman–Crippen LogP) is -2.03. The fourth-order valence-electron chi connectivity index (χ4n) is 0. The average molecular weight is 333 g/mol.